The van der Waals surface area contributed by atoms with Crippen LogP contribution in [0.1, 0.15) is 41.7 Å². The fourth-order valence-corrected chi connectivity index (χ4v) is 7.63. The predicted octanol–water partition coefficient (Wildman–Crippen LogP) is 8.56. The highest BCUT2D eigenvalue weighted by Crippen LogP contribution is 2.39. The smallest absolute Gasteiger partial charge is 0.298 e. The molecule has 1 N–H and O–H groups in total. The van der Waals surface area contributed by atoms with Crippen molar-refractivity contribution in [3.8, 4) is 22.8 Å². The zero-order valence-electron chi connectivity index (χ0n) is 30.0. The van der Waals surface area contributed by atoms with Gasteiger partial charge in [0.05, 0.1) is 18.9 Å². The lowest BCUT2D eigenvalue weighted by molar-refractivity contribution is 0.329. The van der Waals surface area contributed by atoms with Crippen molar-refractivity contribution < 1.29 is 22.4 Å². The van der Waals surface area contributed by atoms with Crippen LogP contribution >= 0.6 is 0 Å². The summed E-state index contributed by atoms with van der Waals surface area (Å²) in [5.74, 6) is 0.998. The molecule has 53 heavy (non-hydrogen) atoms. The molecular weight excluding hydrogens is 679 g/mol. The van der Waals surface area contributed by atoms with E-state index in [1.165, 1.54) is 17.2 Å². The Kier molecular flexibility index (Phi) is 10.3. The summed E-state index contributed by atoms with van der Waals surface area (Å²) >= 11 is 0. The topological polar surface area (TPSA) is 77.8 Å². The Morgan fingerprint density at radius 1 is 0.717 bits per heavy atom. The molecule has 0 fully saturated rings. The summed E-state index contributed by atoms with van der Waals surface area (Å²) in [5.41, 5.74) is 9.79. The average Bonchev–Trinajstić information content (AvgIpc) is 3.46. The molecule has 0 aliphatic rings. The van der Waals surface area contributed by atoms with E-state index in [0.717, 1.165) is 61.5 Å². The van der Waals surface area contributed by atoms with Crippen LogP contribution in [-0.4, -0.2) is 30.8 Å². The Bertz CT molecular complexity index is 2600. The maximum absolute atomic E-state index is 12.1. The molecule has 6 aromatic carbocycles. The Morgan fingerprint density at radius 3 is 2.02 bits per heavy atom. The van der Waals surface area contributed by atoms with Crippen molar-refractivity contribution in [2.45, 2.75) is 25.2 Å². The number of para-hydroxylation sites is 1. The molecule has 6 nitrogen and oxygen atoms in total. The minimum Gasteiger partial charge on any atom is -0.494 e. The van der Waals surface area contributed by atoms with Crippen molar-refractivity contribution in [1.29, 1.82) is 0 Å². The van der Waals surface area contributed by atoms with Crippen molar-refractivity contribution in [3.63, 3.8) is 0 Å². The molecule has 0 aliphatic carbocycles. The molecule has 0 aliphatic heterocycles. The molecule has 0 spiro atoms. The normalized spacial score (nSPS) is 11.4. The number of hydrogen-bond acceptors (Lipinski definition) is 4. The van der Waals surface area contributed by atoms with Gasteiger partial charge in [-0.05, 0) is 101 Å². The summed E-state index contributed by atoms with van der Waals surface area (Å²) in [5, 5.41) is 3.08. The first-order valence-corrected chi connectivity index (χ1v) is 19.2. The van der Waals surface area contributed by atoms with Gasteiger partial charge in [0.2, 0.25) is 0 Å². The van der Waals surface area contributed by atoms with E-state index < -0.39 is 10.1 Å². The average molecular weight is 720 g/mol. The molecule has 0 amide bonds. The molecular formula is C46H41NO5S. The van der Waals surface area contributed by atoms with Gasteiger partial charge in [-0.25, -0.2) is 0 Å². The van der Waals surface area contributed by atoms with Gasteiger partial charge in [0.15, 0.2) is 0 Å². The molecule has 1 heterocycles. The SMILES string of the molecule is CCOc1ccc(Cc2ccc(C(c3c(-c4ccccc4)n(C)c4ccccc34)=c3ccc(=Cc4ccc(OCC)c(S(=O)(=O)O)c4)cc3)cc2)cc1. The van der Waals surface area contributed by atoms with Gasteiger partial charge in [-0.15, -0.1) is 0 Å². The Balaban J connectivity index is 1.39. The highest BCUT2D eigenvalue weighted by molar-refractivity contribution is 7.86. The standard InChI is InChI=1S/C46H41NO5S/c1-4-51-39-26-19-34(20-27-39)29-32-15-22-36(23-16-32)44(45-40-13-9-10-14-41(40)47(3)46(45)38-11-7-6-8-12-38)37-24-17-33(18-25-37)30-35-21-28-42(52-5-2)43(31-35)53(48,49)50/h6-28,30-31H,4-5,29H2,1-3H3,(H,48,49,50). The van der Waals surface area contributed by atoms with Gasteiger partial charge in [0.1, 0.15) is 16.4 Å². The highest BCUT2D eigenvalue weighted by Gasteiger charge is 2.22. The molecule has 7 aromatic rings. The molecule has 0 saturated carbocycles. The maximum Gasteiger partial charge on any atom is 0.298 e. The van der Waals surface area contributed by atoms with Crippen LogP contribution in [0.4, 0.5) is 0 Å². The van der Waals surface area contributed by atoms with E-state index in [0.29, 0.717) is 12.2 Å². The summed E-state index contributed by atoms with van der Waals surface area (Å²) in [6.07, 6.45) is 2.69. The van der Waals surface area contributed by atoms with E-state index in [-0.39, 0.29) is 17.3 Å². The zero-order valence-corrected chi connectivity index (χ0v) is 30.8. The lowest BCUT2D eigenvalue weighted by Gasteiger charge is -2.14. The second-order valence-electron chi connectivity index (χ2n) is 12.9. The van der Waals surface area contributed by atoms with Crippen LogP contribution in [0.3, 0.4) is 0 Å². The molecule has 0 unspecified atom stereocenters. The van der Waals surface area contributed by atoms with E-state index in [2.05, 4.69) is 109 Å². The Labute approximate surface area is 310 Å². The molecule has 7 rings (SSSR count). The molecule has 0 atom stereocenters. The minimum atomic E-state index is -4.47. The van der Waals surface area contributed by atoms with Gasteiger partial charge in [-0.2, -0.15) is 8.42 Å². The molecule has 0 saturated heterocycles. The van der Waals surface area contributed by atoms with E-state index in [1.807, 2.05) is 43.3 Å². The maximum atomic E-state index is 12.1. The van der Waals surface area contributed by atoms with Crippen LogP contribution in [0.15, 0.2) is 150 Å². The fraction of sp³-hybridized carbons (Fsp3) is 0.130. The number of aromatic nitrogens is 1. The van der Waals surface area contributed by atoms with Gasteiger partial charge in [-0.1, -0.05) is 115 Å². The van der Waals surface area contributed by atoms with Gasteiger partial charge in [0.25, 0.3) is 10.1 Å². The Hall–Kier alpha value is -5.89. The van der Waals surface area contributed by atoms with Crippen LogP contribution in [0.25, 0.3) is 33.8 Å². The summed E-state index contributed by atoms with van der Waals surface area (Å²) in [7, 11) is -2.35. The first kappa shape index (κ1) is 35.5. The van der Waals surface area contributed by atoms with Crippen molar-refractivity contribution >= 4 is 32.7 Å². The van der Waals surface area contributed by atoms with Gasteiger partial charge in [0, 0.05) is 23.5 Å². The van der Waals surface area contributed by atoms with Gasteiger partial charge in [-0.3, -0.25) is 4.55 Å². The predicted molar refractivity (Wildman–Crippen MR) is 214 cm³/mol. The summed E-state index contributed by atoms with van der Waals surface area (Å²) in [6, 6.07) is 49.2. The van der Waals surface area contributed by atoms with Crippen LogP contribution < -0.4 is 19.9 Å². The zero-order chi connectivity index (χ0) is 37.0. The van der Waals surface area contributed by atoms with Crippen molar-refractivity contribution in [1.82, 2.24) is 4.57 Å². The largest absolute Gasteiger partial charge is 0.494 e. The number of aryl methyl sites for hydroxylation is 1. The highest BCUT2D eigenvalue weighted by atomic mass is 32.2. The van der Waals surface area contributed by atoms with Crippen molar-refractivity contribution in [3.05, 3.63) is 184 Å². The van der Waals surface area contributed by atoms with Gasteiger partial charge >= 0.3 is 0 Å². The summed E-state index contributed by atoms with van der Waals surface area (Å²) in [4.78, 5) is -0.254. The van der Waals surface area contributed by atoms with E-state index >= 15 is 0 Å². The molecule has 0 radical (unpaired) electrons. The number of benzene rings is 6. The first-order valence-electron chi connectivity index (χ1n) is 17.7. The third-order valence-electron chi connectivity index (χ3n) is 9.37. The monoisotopic (exact) mass is 719 g/mol. The van der Waals surface area contributed by atoms with E-state index in [4.69, 9.17) is 9.47 Å². The van der Waals surface area contributed by atoms with Crippen molar-refractivity contribution in [2.24, 2.45) is 7.05 Å². The second kappa shape index (κ2) is 15.4. The third kappa shape index (κ3) is 7.68. The Morgan fingerprint density at radius 2 is 1.36 bits per heavy atom. The number of ether oxygens (including phenoxy) is 2. The minimum absolute atomic E-state index is 0.122. The number of nitrogens with zero attached hydrogens (tertiary/aromatic N) is 1. The summed E-state index contributed by atoms with van der Waals surface area (Å²) < 4.78 is 47.5. The lowest BCUT2D eigenvalue weighted by Crippen LogP contribution is -2.13. The van der Waals surface area contributed by atoms with Crippen LogP contribution in [0, 0.1) is 0 Å². The molecule has 1 aromatic heterocycles. The van der Waals surface area contributed by atoms with E-state index in [1.54, 1.807) is 19.1 Å². The quantitative estimate of drug-likeness (QED) is 0.136. The molecule has 0 bridgehead atoms. The number of hydrogen-bond donors (Lipinski definition) is 1. The number of fused-ring (bicyclic) bond motifs is 1. The fourth-order valence-electron chi connectivity index (χ4n) is 6.96. The molecule has 266 valence electrons. The first-order chi connectivity index (χ1) is 25.7. The summed E-state index contributed by atoms with van der Waals surface area (Å²) in [6.45, 7) is 4.67. The van der Waals surface area contributed by atoms with Crippen molar-refractivity contribution in [2.75, 3.05) is 13.2 Å². The van der Waals surface area contributed by atoms with E-state index in [9.17, 15) is 13.0 Å². The molecule has 7 heteroatoms. The lowest BCUT2D eigenvalue weighted by atomic mass is 9.90. The van der Waals surface area contributed by atoms with Crippen LogP contribution in [0.5, 0.6) is 11.5 Å². The van der Waals surface area contributed by atoms with Crippen LogP contribution in [-0.2, 0) is 23.6 Å². The van der Waals surface area contributed by atoms with Gasteiger partial charge < -0.3 is 14.0 Å². The van der Waals surface area contributed by atoms with Crippen LogP contribution in [0.2, 0.25) is 0 Å². The third-order valence-corrected chi connectivity index (χ3v) is 10.2. The second-order valence-corrected chi connectivity index (χ2v) is 14.3. The number of rotatable bonds is 11.